The van der Waals surface area contributed by atoms with Gasteiger partial charge in [-0.1, -0.05) is 36.2 Å². The first-order chi connectivity index (χ1) is 16.3. The van der Waals surface area contributed by atoms with Gasteiger partial charge in [0.15, 0.2) is 5.01 Å². The van der Waals surface area contributed by atoms with Gasteiger partial charge in [-0.05, 0) is 44.6 Å². The number of terminal acetylenes is 1. The number of nitrogens with zero attached hydrogens (tertiary/aromatic N) is 2. The van der Waals surface area contributed by atoms with Crippen molar-refractivity contribution in [3.8, 4) is 22.8 Å². The molecule has 0 radical (unpaired) electrons. The number of hydrogen-bond donors (Lipinski definition) is 1. The number of carbonyl (C=O) groups excluding carboxylic acids is 1. The van der Waals surface area contributed by atoms with Gasteiger partial charge in [-0.15, -0.1) is 17.8 Å². The fourth-order valence-electron chi connectivity index (χ4n) is 3.82. The first-order valence-corrected chi connectivity index (χ1v) is 13.7. The summed E-state index contributed by atoms with van der Waals surface area (Å²) in [5.41, 5.74) is 0.271. The van der Waals surface area contributed by atoms with Crippen molar-refractivity contribution in [3.63, 3.8) is 0 Å². The van der Waals surface area contributed by atoms with Gasteiger partial charge in [-0.25, -0.2) is 13.4 Å². The zero-order valence-corrected chi connectivity index (χ0v) is 21.9. The van der Waals surface area contributed by atoms with E-state index < -0.39 is 32.2 Å². The minimum absolute atomic E-state index is 0.0494. The number of likely N-dealkylation sites (tertiary alicyclic amines) is 1. The van der Waals surface area contributed by atoms with E-state index >= 15 is 0 Å². The normalized spacial score (nSPS) is 17.8. The molecule has 1 saturated heterocycles. The van der Waals surface area contributed by atoms with Crippen molar-refractivity contribution in [1.82, 2.24) is 14.6 Å². The van der Waals surface area contributed by atoms with Crippen molar-refractivity contribution < 1.29 is 26.4 Å². The third kappa shape index (κ3) is 5.78. The number of thiazole rings is 1. The van der Waals surface area contributed by atoms with Crippen LogP contribution in [0.25, 0.3) is 10.4 Å². The summed E-state index contributed by atoms with van der Waals surface area (Å²) in [6.07, 6.45) is 4.22. The molecule has 0 aliphatic carbocycles. The Balaban J connectivity index is 2.05. The monoisotopic (exact) mass is 567 g/mol. The Morgan fingerprint density at radius 2 is 2.03 bits per heavy atom. The Labute approximate surface area is 215 Å². The molecule has 190 valence electrons. The molecule has 1 N–H and O–H groups in total. The molecular weight excluding hydrogens is 546 g/mol. The van der Waals surface area contributed by atoms with Gasteiger partial charge in [0.25, 0.3) is 5.91 Å². The minimum atomic E-state index is -4.79. The van der Waals surface area contributed by atoms with Crippen LogP contribution in [-0.4, -0.2) is 49.0 Å². The SMILES string of the molecule is C#Cc1nc(C(=O)N2CCCC[C@H]2CC)c(-c2ccc(S(=O)(=O)N[C@@H](C)C(F)(F)F)c(Cl)c2Cl)s1. The van der Waals surface area contributed by atoms with Gasteiger partial charge in [-0.2, -0.15) is 17.9 Å². The van der Waals surface area contributed by atoms with E-state index in [9.17, 15) is 26.4 Å². The maximum atomic E-state index is 13.4. The van der Waals surface area contributed by atoms with Crippen molar-refractivity contribution in [2.75, 3.05) is 6.54 Å². The summed E-state index contributed by atoms with van der Waals surface area (Å²) in [7, 11) is -4.65. The fraction of sp³-hybridized carbons (Fsp3) is 0.455. The van der Waals surface area contributed by atoms with E-state index in [0.717, 1.165) is 43.1 Å². The summed E-state index contributed by atoms with van der Waals surface area (Å²) < 4.78 is 65.3. The van der Waals surface area contributed by atoms with Gasteiger partial charge in [0.1, 0.15) is 16.6 Å². The van der Waals surface area contributed by atoms with E-state index in [4.69, 9.17) is 29.6 Å². The van der Waals surface area contributed by atoms with Crippen LogP contribution in [0, 0.1) is 12.3 Å². The van der Waals surface area contributed by atoms with Gasteiger partial charge in [0.05, 0.1) is 14.9 Å². The average Bonchev–Trinajstić information content (AvgIpc) is 3.23. The standard InChI is InChI=1S/C22H22Cl2F3N3O3S2/c1-4-13-8-6-7-11-30(13)21(31)19-20(34-16(5-2)28-19)14-9-10-15(18(24)17(14)23)35(32,33)29-12(3)22(25,26)27/h2,9-10,12-13,29H,4,6-8,11H2,1,3H3/t12-,13+/m0/s1. The maximum Gasteiger partial charge on any atom is 0.404 e. The average molecular weight is 568 g/mol. The molecule has 2 heterocycles. The van der Waals surface area contributed by atoms with Crippen LogP contribution in [-0.2, 0) is 10.0 Å². The van der Waals surface area contributed by atoms with Crippen LogP contribution in [0.1, 0.15) is 55.0 Å². The first kappa shape index (κ1) is 27.7. The molecule has 1 amide bonds. The van der Waals surface area contributed by atoms with Crippen molar-refractivity contribution in [2.45, 2.75) is 62.7 Å². The van der Waals surface area contributed by atoms with Crippen LogP contribution in [0.3, 0.4) is 0 Å². The zero-order chi connectivity index (χ0) is 26.1. The highest BCUT2D eigenvalue weighted by Gasteiger charge is 2.39. The second-order valence-corrected chi connectivity index (χ2v) is 11.5. The minimum Gasteiger partial charge on any atom is -0.334 e. The van der Waals surface area contributed by atoms with Gasteiger partial charge in [-0.3, -0.25) is 4.79 Å². The molecule has 1 aliphatic rings. The van der Waals surface area contributed by atoms with Crippen molar-refractivity contribution in [2.24, 2.45) is 0 Å². The molecule has 1 aliphatic heterocycles. The maximum absolute atomic E-state index is 13.4. The van der Waals surface area contributed by atoms with Crippen molar-refractivity contribution >= 4 is 50.5 Å². The van der Waals surface area contributed by atoms with Gasteiger partial charge >= 0.3 is 6.18 Å². The predicted octanol–water partition coefficient (Wildman–Crippen LogP) is 5.73. The van der Waals surface area contributed by atoms with E-state index in [-0.39, 0.29) is 33.2 Å². The van der Waals surface area contributed by atoms with E-state index in [1.807, 2.05) is 6.92 Å². The van der Waals surface area contributed by atoms with Gasteiger partial charge in [0.2, 0.25) is 10.0 Å². The molecular formula is C22H22Cl2F3N3O3S2. The lowest BCUT2D eigenvalue weighted by Gasteiger charge is -2.35. The predicted molar refractivity (Wildman–Crippen MR) is 130 cm³/mol. The summed E-state index contributed by atoms with van der Waals surface area (Å²) in [6.45, 7) is 3.23. The number of halogens is 5. The molecule has 13 heteroatoms. The Hall–Kier alpha value is -1.84. The largest absolute Gasteiger partial charge is 0.404 e. The summed E-state index contributed by atoms with van der Waals surface area (Å²) >= 11 is 13.6. The van der Waals surface area contributed by atoms with Crippen LogP contribution in [0.5, 0.6) is 0 Å². The number of sulfonamides is 1. The highest BCUT2D eigenvalue weighted by atomic mass is 35.5. The zero-order valence-electron chi connectivity index (χ0n) is 18.7. The molecule has 2 aromatic rings. The smallest absolute Gasteiger partial charge is 0.334 e. The number of hydrogen-bond acceptors (Lipinski definition) is 5. The molecule has 35 heavy (non-hydrogen) atoms. The lowest BCUT2D eigenvalue weighted by Crippen LogP contribution is -2.43. The van der Waals surface area contributed by atoms with Gasteiger partial charge in [0, 0.05) is 18.2 Å². The number of piperidine rings is 1. The quantitative estimate of drug-likeness (QED) is 0.452. The van der Waals surface area contributed by atoms with Crippen LogP contribution in [0.15, 0.2) is 17.0 Å². The molecule has 1 aromatic carbocycles. The third-order valence-corrected chi connectivity index (χ3v) is 9.31. The first-order valence-electron chi connectivity index (χ1n) is 10.7. The van der Waals surface area contributed by atoms with Crippen molar-refractivity contribution in [3.05, 3.63) is 32.9 Å². The van der Waals surface area contributed by atoms with E-state index in [2.05, 4.69) is 10.9 Å². The highest BCUT2D eigenvalue weighted by molar-refractivity contribution is 7.89. The van der Waals surface area contributed by atoms with Crippen LogP contribution >= 0.6 is 34.5 Å². The second kappa shape index (κ2) is 10.6. The highest BCUT2D eigenvalue weighted by Crippen LogP contribution is 2.42. The lowest BCUT2D eigenvalue weighted by atomic mass is 9.99. The second-order valence-electron chi connectivity index (χ2n) is 8.02. The topological polar surface area (TPSA) is 79.4 Å². The Bertz CT molecular complexity index is 1270. The summed E-state index contributed by atoms with van der Waals surface area (Å²) in [5.74, 6) is 2.07. The number of carbonyl (C=O) groups is 1. The van der Waals surface area contributed by atoms with E-state index in [0.29, 0.717) is 18.3 Å². The molecule has 0 bridgehead atoms. The number of aromatic nitrogens is 1. The lowest BCUT2D eigenvalue weighted by molar-refractivity contribution is -0.147. The molecule has 3 rings (SSSR count). The molecule has 1 fully saturated rings. The van der Waals surface area contributed by atoms with E-state index in [1.54, 1.807) is 9.62 Å². The Morgan fingerprint density at radius 1 is 1.34 bits per heavy atom. The van der Waals surface area contributed by atoms with Crippen LogP contribution < -0.4 is 4.72 Å². The van der Waals surface area contributed by atoms with Gasteiger partial charge < -0.3 is 4.90 Å². The molecule has 0 unspecified atom stereocenters. The molecule has 2 atom stereocenters. The molecule has 0 spiro atoms. The Kier molecular flexibility index (Phi) is 8.44. The number of nitrogens with one attached hydrogen (secondary N) is 1. The number of benzene rings is 1. The summed E-state index contributed by atoms with van der Waals surface area (Å²) in [5, 5.41) is -0.511. The summed E-state index contributed by atoms with van der Waals surface area (Å²) in [4.78, 5) is 19.2. The van der Waals surface area contributed by atoms with Crippen molar-refractivity contribution in [1.29, 1.82) is 0 Å². The van der Waals surface area contributed by atoms with Crippen LogP contribution in [0.2, 0.25) is 10.0 Å². The summed E-state index contributed by atoms with van der Waals surface area (Å²) in [6, 6.07) is 0.0169. The molecule has 0 saturated carbocycles. The van der Waals surface area contributed by atoms with Crippen LogP contribution in [0.4, 0.5) is 13.2 Å². The Morgan fingerprint density at radius 3 is 2.63 bits per heavy atom. The number of rotatable bonds is 6. The molecule has 1 aromatic heterocycles. The fourth-order valence-corrected chi connectivity index (χ4v) is 6.87. The number of amides is 1. The third-order valence-electron chi connectivity index (χ3n) is 5.72. The van der Waals surface area contributed by atoms with E-state index in [1.165, 1.54) is 6.07 Å². The molecule has 6 nitrogen and oxygen atoms in total. The number of alkyl halides is 3.